The van der Waals surface area contributed by atoms with Crippen molar-refractivity contribution < 1.29 is 13.5 Å². The van der Waals surface area contributed by atoms with Gasteiger partial charge < -0.3 is 4.74 Å². The van der Waals surface area contributed by atoms with Crippen LogP contribution >= 0.6 is 0 Å². The van der Waals surface area contributed by atoms with E-state index in [9.17, 15) is 13.6 Å². The van der Waals surface area contributed by atoms with Gasteiger partial charge in [0, 0.05) is 31.6 Å². The Kier molecular flexibility index (Phi) is 6.86. The Morgan fingerprint density at radius 3 is 2.55 bits per heavy atom. The molecule has 2 bridgehead atoms. The Labute approximate surface area is 181 Å². The van der Waals surface area contributed by atoms with Crippen LogP contribution in [0.3, 0.4) is 0 Å². The summed E-state index contributed by atoms with van der Waals surface area (Å²) in [6, 6.07) is 7.09. The van der Waals surface area contributed by atoms with Crippen LogP contribution in [-0.2, 0) is 30.9 Å². The molecule has 1 aromatic heterocycles. The lowest BCUT2D eigenvalue weighted by molar-refractivity contribution is -0.0343. The van der Waals surface area contributed by atoms with Gasteiger partial charge in [-0.15, -0.1) is 0 Å². The Balaban J connectivity index is 1.31. The molecule has 170 valence electrons. The van der Waals surface area contributed by atoms with Gasteiger partial charge in [0.25, 0.3) is 0 Å². The molecule has 8 heteroatoms. The summed E-state index contributed by atoms with van der Waals surface area (Å²) in [5.41, 5.74) is 0.608. The predicted molar refractivity (Wildman–Crippen MR) is 114 cm³/mol. The molecule has 0 amide bonds. The molecule has 2 unspecified atom stereocenters. The molecule has 2 aliphatic rings. The minimum atomic E-state index is -1.14. The highest BCUT2D eigenvalue weighted by Gasteiger charge is 2.42. The fraction of sp³-hybridized carbons (Fsp3) is 0.652. The quantitative estimate of drug-likeness (QED) is 0.608. The van der Waals surface area contributed by atoms with Crippen LogP contribution in [0.5, 0.6) is 0 Å². The van der Waals surface area contributed by atoms with Gasteiger partial charge >= 0.3 is 5.69 Å². The first kappa shape index (κ1) is 22.1. The maximum absolute atomic E-state index is 15.0. The van der Waals surface area contributed by atoms with Crippen LogP contribution in [0, 0.1) is 5.82 Å². The number of rotatable bonds is 9. The number of halogens is 2. The fourth-order valence-electron chi connectivity index (χ4n) is 5.16. The number of alkyl halides is 1. The summed E-state index contributed by atoms with van der Waals surface area (Å²) in [6.07, 6.45) is 3.44. The lowest BCUT2D eigenvalue weighted by Gasteiger charge is -2.39. The molecule has 2 aliphatic heterocycles. The Hall–Kier alpha value is -2.06. The molecule has 2 saturated heterocycles. The summed E-state index contributed by atoms with van der Waals surface area (Å²) < 4.78 is 37.3. The first-order chi connectivity index (χ1) is 15.0. The van der Waals surface area contributed by atoms with Crippen LogP contribution in [0.1, 0.15) is 50.9 Å². The van der Waals surface area contributed by atoms with E-state index in [2.05, 4.69) is 10.00 Å². The summed E-state index contributed by atoms with van der Waals surface area (Å²) in [5, 5.41) is 4.32. The molecular formula is C23H32F2N4O2. The van der Waals surface area contributed by atoms with Gasteiger partial charge in [-0.3, -0.25) is 9.47 Å². The smallest absolute Gasteiger partial charge is 0.346 e. The summed E-state index contributed by atoms with van der Waals surface area (Å²) in [7, 11) is 0. The lowest BCUT2D eigenvalue weighted by Crippen LogP contribution is -2.48. The summed E-state index contributed by atoms with van der Waals surface area (Å²) >= 11 is 0. The molecule has 2 fully saturated rings. The van der Waals surface area contributed by atoms with E-state index < -0.39 is 6.17 Å². The predicted octanol–water partition coefficient (Wildman–Crippen LogP) is 3.32. The van der Waals surface area contributed by atoms with Gasteiger partial charge in [0.1, 0.15) is 17.8 Å². The third-order valence-electron chi connectivity index (χ3n) is 6.63. The molecule has 1 aromatic carbocycles. The van der Waals surface area contributed by atoms with Crippen LogP contribution in [0.25, 0.3) is 0 Å². The van der Waals surface area contributed by atoms with E-state index in [0.29, 0.717) is 44.0 Å². The van der Waals surface area contributed by atoms with Crippen molar-refractivity contribution in [3.8, 4) is 0 Å². The second kappa shape index (κ2) is 9.61. The van der Waals surface area contributed by atoms with Crippen molar-refractivity contribution in [1.29, 1.82) is 0 Å². The number of ether oxygens (including phenoxy) is 1. The lowest BCUT2D eigenvalue weighted by atomic mass is 9.99. The van der Waals surface area contributed by atoms with E-state index in [1.807, 2.05) is 19.9 Å². The van der Waals surface area contributed by atoms with Gasteiger partial charge in [-0.05, 0) is 50.3 Å². The second-order valence-electron chi connectivity index (χ2n) is 8.69. The number of nitrogens with zero attached hydrogens (tertiary/aromatic N) is 4. The van der Waals surface area contributed by atoms with E-state index in [4.69, 9.17) is 4.74 Å². The SMILES string of the molecule is CCc1nn(C[C@H](F)CN2C3CCC2CC(OCc2cccc(F)c2)C3)c(=O)n1CC. The van der Waals surface area contributed by atoms with Gasteiger partial charge in [0.05, 0.1) is 19.3 Å². The molecule has 3 atom stereocenters. The van der Waals surface area contributed by atoms with Crippen LogP contribution in [0.4, 0.5) is 8.78 Å². The van der Waals surface area contributed by atoms with Crippen LogP contribution < -0.4 is 5.69 Å². The molecule has 6 nitrogen and oxygen atoms in total. The highest BCUT2D eigenvalue weighted by Crippen LogP contribution is 2.37. The zero-order valence-electron chi connectivity index (χ0n) is 18.3. The van der Waals surface area contributed by atoms with Crippen molar-refractivity contribution in [2.24, 2.45) is 0 Å². The topological polar surface area (TPSA) is 52.3 Å². The Morgan fingerprint density at radius 2 is 1.94 bits per heavy atom. The first-order valence-corrected chi connectivity index (χ1v) is 11.4. The molecule has 0 aliphatic carbocycles. The first-order valence-electron chi connectivity index (χ1n) is 11.4. The van der Waals surface area contributed by atoms with Crippen LogP contribution in [0.15, 0.2) is 29.1 Å². The van der Waals surface area contributed by atoms with E-state index in [0.717, 1.165) is 31.2 Å². The maximum atomic E-state index is 15.0. The molecule has 31 heavy (non-hydrogen) atoms. The van der Waals surface area contributed by atoms with E-state index in [1.54, 1.807) is 10.6 Å². The largest absolute Gasteiger partial charge is 0.373 e. The van der Waals surface area contributed by atoms with E-state index >= 15 is 0 Å². The van der Waals surface area contributed by atoms with E-state index in [1.165, 1.54) is 16.8 Å². The molecular weight excluding hydrogens is 402 g/mol. The second-order valence-corrected chi connectivity index (χ2v) is 8.69. The number of aromatic nitrogens is 3. The minimum Gasteiger partial charge on any atom is -0.373 e. The number of benzene rings is 1. The van der Waals surface area contributed by atoms with Gasteiger partial charge in [-0.1, -0.05) is 19.1 Å². The average Bonchev–Trinajstić information content (AvgIpc) is 3.16. The van der Waals surface area contributed by atoms with Crippen LogP contribution in [0.2, 0.25) is 0 Å². The van der Waals surface area contributed by atoms with Crippen LogP contribution in [-0.4, -0.2) is 50.2 Å². The van der Waals surface area contributed by atoms with E-state index in [-0.39, 0.29) is 24.2 Å². The Morgan fingerprint density at radius 1 is 1.19 bits per heavy atom. The standard InChI is InChI=1S/C23H32F2N4O2/c1-3-22-26-29(23(30)27(22)4-2)14-18(25)13-28-19-8-9-20(28)12-21(11-19)31-15-16-6-5-7-17(24)10-16/h5-7,10,18-21H,3-4,8-9,11-15H2,1-2H3/t18-,19?,20?,21?/m1/s1. The number of aryl methyl sites for hydroxylation is 1. The van der Waals surface area contributed by atoms with Crippen molar-refractivity contribution in [3.05, 3.63) is 52.0 Å². The molecule has 0 saturated carbocycles. The van der Waals surface area contributed by atoms with Gasteiger partial charge in [0.2, 0.25) is 0 Å². The van der Waals surface area contributed by atoms with Gasteiger partial charge in [-0.2, -0.15) is 5.10 Å². The summed E-state index contributed by atoms with van der Waals surface area (Å²) in [6.45, 7) is 5.11. The molecule has 2 aromatic rings. The summed E-state index contributed by atoms with van der Waals surface area (Å²) in [5.74, 6) is 0.454. The molecule has 0 N–H and O–H groups in total. The normalized spacial score (nSPS) is 24.6. The average molecular weight is 435 g/mol. The third kappa shape index (κ3) is 4.90. The molecule has 0 spiro atoms. The van der Waals surface area contributed by atoms with Crippen molar-refractivity contribution in [1.82, 2.24) is 19.2 Å². The summed E-state index contributed by atoms with van der Waals surface area (Å²) in [4.78, 5) is 14.7. The maximum Gasteiger partial charge on any atom is 0.346 e. The number of hydrogen-bond donors (Lipinski definition) is 0. The fourth-order valence-corrected chi connectivity index (χ4v) is 5.16. The molecule has 4 rings (SSSR count). The number of piperidine rings is 1. The van der Waals surface area contributed by atoms with Crippen molar-refractivity contribution >= 4 is 0 Å². The zero-order chi connectivity index (χ0) is 22.0. The minimum absolute atomic E-state index is 0.00568. The monoisotopic (exact) mass is 434 g/mol. The molecule has 0 radical (unpaired) electrons. The number of hydrogen-bond acceptors (Lipinski definition) is 4. The highest BCUT2D eigenvalue weighted by molar-refractivity contribution is 5.15. The van der Waals surface area contributed by atoms with Crippen molar-refractivity contribution in [3.63, 3.8) is 0 Å². The van der Waals surface area contributed by atoms with Crippen molar-refractivity contribution in [2.75, 3.05) is 6.54 Å². The Bertz CT molecular complexity index is 930. The third-order valence-corrected chi connectivity index (χ3v) is 6.63. The van der Waals surface area contributed by atoms with Gasteiger partial charge in [-0.25, -0.2) is 18.3 Å². The number of fused-ring (bicyclic) bond motifs is 2. The van der Waals surface area contributed by atoms with Gasteiger partial charge in [0.15, 0.2) is 0 Å². The molecule has 3 heterocycles. The zero-order valence-corrected chi connectivity index (χ0v) is 18.3. The van der Waals surface area contributed by atoms with Crippen molar-refractivity contribution in [2.45, 2.75) is 90.0 Å². The highest BCUT2D eigenvalue weighted by atomic mass is 19.1.